The van der Waals surface area contributed by atoms with Gasteiger partial charge in [-0.05, 0) is 25.8 Å². The summed E-state index contributed by atoms with van der Waals surface area (Å²) in [6.07, 6.45) is 5.58. The van der Waals surface area contributed by atoms with E-state index in [2.05, 4.69) is 31.8 Å². The molecule has 1 aromatic rings. The number of carbonyl (C=O) groups excluding carboxylic acids is 1. The first-order valence-electron chi connectivity index (χ1n) is 8.23. The molecular formula is C16H29IN6O. The molecule has 0 saturated carbocycles. The van der Waals surface area contributed by atoms with Gasteiger partial charge in [0.25, 0.3) is 0 Å². The molecule has 0 aliphatic carbocycles. The number of nitrogens with one attached hydrogen (secondary N) is 2. The van der Waals surface area contributed by atoms with Gasteiger partial charge in [0, 0.05) is 58.3 Å². The summed E-state index contributed by atoms with van der Waals surface area (Å²) < 4.78 is 1.85. The van der Waals surface area contributed by atoms with Gasteiger partial charge in [-0.2, -0.15) is 5.10 Å². The lowest BCUT2D eigenvalue weighted by Crippen LogP contribution is -2.41. The van der Waals surface area contributed by atoms with Crippen molar-refractivity contribution in [2.24, 2.45) is 12.0 Å². The topological polar surface area (TPSA) is 74.6 Å². The van der Waals surface area contributed by atoms with Crippen LogP contribution >= 0.6 is 24.0 Å². The van der Waals surface area contributed by atoms with E-state index < -0.39 is 0 Å². The normalized spacial score (nSPS) is 17.8. The summed E-state index contributed by atoms with van der Waals surface area (Å²) in [5.41, 5.74) is 1.28. The fourth-order valence-corrected chi connectivity index (χ4v) is 2.89. The van der Waals surface area contributed by atoms with Gasteiger partial charge in [-0.3, -0.25) is 14.5 Å². The number of hydrogen-bond donors (Lipinski definition) is 2. The zero-order chi connectivity index (χ0) is 16.8. The van der Waals surface area contributed by atoms with Crippen LogP contribution in [0.5, 0.6) is 0 Å². The molecule has 0 radical (unpaired) electrons. The third-order valence-corrected chi connectivity index (χ3v) is 3.98. The predicted molar refractivity (Wildman–Crippen MR) is 107 cm³/mol. The monoisotopic (exact) mass is 448 g/mol. The highest BCUT2D eigenvalue weighted by Gasteiger charge is 2.26. The number of aliphatic imine (C=N–C) groups is 1. The molecule has 0 bridgehead atoms. The van der Waals surface area contributed by atoms with Crippen molar-refractivity contribution in [1.29, 1.82) is 0 Å². The van der Waals surface area contributed by atoms with E-state index in [-0.39, 0.29) is 35.9 Å². The molecule has 1 amide bonds. The summed E-state index contributed by atoms with van der Waals surface area (Å²) in [5, 5.41) is 10.4. The molecule has 136 valence electrons. The van der Waals surface area contributed by atoms with E-state index in [9.17, 15) is 4.79 Å². The van der Waals surface area contributed by atoms with Crippen LogP contribution < -0.4 is 10.6 Å². The van der Waals surface area contributed by atoms with E-state index in [0.29, 0.717) is 18.9 Å². The minimum Gasteiger partial charge on any atom is -0.356 e. The van der Waals surface area contributed by atoms with E-state index in [4.69, 9.17) is 0 Å². The molecule has 0 aromatic carbocycles. The Labute approximate surface area is 161 Å². The van der Waals surface area contributed by atoms with Crippen LogP contribution in [-0.2, 0) is 11.8 Å². The smallest absolute Gasteiger partial charge is 0.221 e. The van der Waals surface area contributed by atoms with Crippen LogP contribution in [0.3, 0.4) is 0 Å². The lowest BCUT2D eigenvalue weighted by atomic mass is 10.0. The Bertz CT molecular complexity index is 557. The maximum atomic E-state index is 11.7. The van der Waals surface area contributed by atoms with Gasteiger partial charge in [-0.1, -0.05) is 0 Å². The highest BCUT2D eigenvalue weighted by Crippen LogP contribution is 2.26. The van der Waals surface area contributed by atoms with Crippen molar-refractivity contribution in [3.05, 3.63) is 18.0 Å². The number of halogens is 1. The number of nitrogens with zero attached hydrogens (tertiary/aromatic N) is 4. The van der Waals surface area contributed by atoms with Crippen LogP contribution in [0.4, 0.5) is 0 Å². The predicted octanol–water partition coefficient (Wildman–Crippen LogP) is 1.32. The van der Waals surface area contributed by atoms with Gasteiger partial charge in [-0.15, -0.1) is 24.0 Å². The van der Waals surface area contributed by atoms with Crippen LogP contribution in [0.15, 0.2) is 17.4 Å². The molecule has 1 unspecified atom stereocenters. The van der Waals surface area contributed by atoms with Crippen molar-refractivity contribution in [2.75, 3.05) is 26.7 Å². The number of aromatic nitrogens is 2. The van der Waals surface area contributed by atoms with Gasteiger partial charge in [0.1, 0.15) is 0 Å². The molecule has 1 aromatic heterocycles. The number of hydrogen-bond acceptors (Lipinski definition) is 3. The molecule has 7 nitrogen and oxygen atoms in total. The molecule has 2 heterocycles. The van der Waals surface area contributed by atoms with Gasteiger partial charge < -0.3 is 15.5 Å². The molecule has 8 heteroatoms. The maximum Gasteiger partial charge on any atom is 0.221 e. The van der Waals surface area contributed by atoms with Crippen LogP contribution in [0, 0.1) is 0 Å². The van der Waals surface area contributed by atoms with Gasteiger partial charge >= 0.3 is 0 Å². The number of aryl methyl sites for hydroxylation is 1. The van der Waals surface area contributed by atoms with Crippen molar-refractivity contribution >= 4 is 35.8 Å². The van der Waals surface area contributed by atoms with Crippen molar-refractivity contribution < 1.29 is 4.79 Å². The molecule has 0 spiro atoms. The summed E-state index contributed by atoms with van der Waals surface area (Å²) in [6, 6.07) is 0.181. The zero-order valence-corrected chi connectivity index (χ0v) is 17.3. The maximum absolute atomic E-state index is 11.7. The van der Waals surface area contributed by atoms with Crippen LogP contribution in [0.25, 0.3) is 0 Å². The van der Waals surface area contributed by atoms with Crippen molar-refractivity contribution in [1.82, 2.24) is 25.3 Å². The van der Waals surface area contributed by atoms with E-state index >= 15 is 0 Å². The summed E-state index contributed by atoms with van der Waals surface area (Å²) in [4.78, 5) is 18.3. The average Bonchev–Trinajstić information content (AvgIpc) is 3.11. The first-order chi connectivity index (χ1) is 11.0. The Morgan fingerprint density at radius 3 is 2.83 bits per heavy atom. The third-order valence-electron chi connectivity index (χ3n) is 3.98. The highest BCUT2D eigenvalue weighted by atomic mass is 127. The van der Waals surface area contributed by atoms with Gasteiger partial charge in [-0.25, -0.2) is 0 Å². The molecule has 1 atom stereocenters. The van der Waals surface area contributed by atoms with Crippen molar-refractivity contribution in [2.45, 2.75) is 38.6 Å². The Morgan fingerprint density at radius 1 is 1.50 bits per heavy atom. The first-order valence-corrected chi connectivity index (χ1v) is 8.23. The standard InChI is InChI=1S/C16H28N6O.HI/c1-12(2)20-15(23)5-7-18-16(17-3)22-8-6-13(11-22)14-9-19-21(4)10-14;/h9-10,12-13H,5-8,11H2,1-4H3,(H,17,18)(H,20,23);1H. The second-order valence-electron chi connectivity index (χ2n) is 6.33. The molecule has 2 N–H and O–H groups in total. The van der Waals surface area contributed by atoms with Crippen LogP contribution in [0.1, 0.15) is 38.2 Å². The number of amides is 1. The lowest BCUT2D eigenvalue weighted by Gasteiger charge is -2.21. The number of carbonyl (C=O) groups is 1. The first kappa shape index (κ1) is 20.7. The molecule has 1 aliphatic heterocycles. The van der Waals surface area contributed by atoms with E-state index in [1.54, 1.807) is 7.05 Å². The second kappa shape index (κ2) is 9.85. The van der Waals surface area contributed by atoms with E-state index in [1.807, 2.05) is 31.8 Å². The number of rotatable bonds is 5. The quantitative estimate of drug-likeness (QED) is 0.405. The van der Waals surface area contributed by atoms with Gasteiger partial charge in [0.2, 0.25) is 5.91 Å². The summed E-state index contributed by atoms with van der Waals surface area (Å²) in [6.45, 7) is 6.43. The number of likely N-dealkylation sites (tertiary alicyclic amines) is 1. The summed E-state index contributed by atoms with van der Waals surface area (Å²) >= 11 is 0. The lowest BCUT2D eigenvalue weighted by molar-refractivity contribution is -0.121. The van der Waals surface area contributed by atoms with Crippen molar-refractivity contribution in [3.8, 4) is 0 Å². The summed E-state index contributed by atoms with van der Waals surface area (Å²) in [7, 11) is 3.73. The molecular weight excluding hydrogens is 419 g/mol. The summed E-state index contributed by atoms with van der Waals surface area (Å²) in [5.74, 6) is 1.43. The number of guanidine groups is 1. The Kier molecular flexibility index (Phi) is 8.51. The van der Waals surface area contributed by atoms with Crippen LogP contribution in [0.2, 0.25) is 0 Å². The van der Waals surface area contributed by atoms with Gasteiger partial charge in [0.05, 0.1) is 6.20 Å². The highest BCUT2D eigenvalue weighted by molar-refractivity contribution is 14.0. The van der Waals surface area contributed by atoms with E-state index in [1.165, 1.54) is 5.56 Å². The molecule has 24 heavy (non-hydrogen) atoms. The minimum atomic E-state index is 0. The largest absolute Gasteiger partial charge is 0.356 e. The zero-order valence-electron chi connectivity index (χ0n) is 15.0. The Hall–Kier alpha value is -1.32. The van der Waals surface area contributed by atoms with Crippen LogP contribution in [-0.4, -0.2) is 59.3 Å². The SMILES string of the molecule is CN=C(NCCC(=O)NC(C)C)N1CCC(c2cnn(C)c2)C1.I. The van der Waals surface area contributed by atoms with Crippen molar-refractivity contribution in [3.63, 3.8) is 0 Å². The average molecular weight is 448 g/mol. The molecule has 1 saturated heterocycles. The third kappa shape index (κ3) is 5.95. The minimum absolute atomic E-state index is 0. The fraction of sp³-hybridized carbons (Fsp3) is 0.688. The van der Waals surface area contributed by atoms with E-state index in [0.717, 1.165) is 25.5 Å². The molecule has 2 rings (SSSR count). The molecule has 1 aliphatic rings. The second-order valence-corrected chi connectivity index (χ2v) is 6.33. The Morgan fingerprint density at radius 2 is 2.25 bits per heavy atom. The van der Waals surface area contributed by atoms with Gasteiger partial charge in [0.15, 0.2) is 5.96 Å². The molecule has 1 fully saturated rings. The Balaban J connectivity index is 0.00000288. The fourth-order valence-electron chi connectivity index (χ4n) is 2.89.